The van der Waals surface area contributed by atoms with Crippen LogP contribution in [0.5, 0.6) is 0 Å². The van der Waals surface area contributed by atoms with Gasteiger partial charge in [-0.15, -0.1) is 0 Å². The SMILES string of the molecule is CCCN1CCC(N(C)S(=O)(=O)CC)CC1. The molecule has 0 spiro atoms. The Balaban J connectivity index is 2.48. The topological polar surface area (TPSA) is 40.6 Å². The van der Waals surface area contributed by atoms with Gasteiger partial charge in [-0.2, -0.15) is 0 Å². The number of hydrogen-bond donors (Lipinski definition) is 0. The van der Waals surface area contributed by atoms with Crippen LogP contribution in [0.15, 0.2) is 0 Å². The van der Waals surface area contributed by atoms with Crippen molar-refractivity contribution >= 4 is 10.0 Å². The lowest BCUT2D eigenvalue weighted by Gasteiger charge is -2.35. The van der Waals surface area contributed by atoms with Crippen LogP contribution in [-0.2, 0) is 10.0 Å². The minimum absolute atomic E-state index is 0.207. The number of hydrogen-bond acceptors (Lipinski definition) is 3. The predicted molar refractivity (Wildman–Crippen MR) is 67.0 cm³/mol. The zero-order chi connectivity index (χ0) is 12.2. The van der Waals surface area contributed by atoms with E-state index >= 15 is 0 Å². The quantitative estimate of drug-likeness (QED) is 0.732. The highest BCUT2D eigenvalue weighted by Crippen LogP contribution is 2.18. The molecule has 0 saturated carbocycles. The minimum Gasteiger partial charge on any atom is -0.303 e. The molecule has 0 aromatic rings. The van der Waals surface area contributed by atoms with E-state index in [9.17, 15) is 8.42 Å². The lowest BCUT2D eigenvalue weighted by atomic mass is 10.1. The number of sulfonamides is 1. The molecule has 0 aromatic heterocycles. The normalized spacial score (nSPS) is 20.5. The molecular weight excluding hydrogens is 224 g/mol. The van der Waals surface area contributed by atoms with Gasteiger partial charge in [0.2, 0.25) is 10.0 Å². The number of rotatable bonds is 5. The van der Waals surface area contributed by atoms with Gasteiger partial charge in [0.05, 0.1) is 5.75 Å². The van der Waals surface area contributed by atoms with Crippen LogP contribution < -0.4 is 0 Å². The van der Waals surface area contributed by atoms with Crippen molar-refractivity contribution in [2.75, 3.05) is 32.4 Å². The van der Waals surface area contributed by atoms with Crippen molar-refractivity contribution in [3.8, 4) is 0 Å². The van der Waals surface area contributed by atoms with E-state index in [2.05, 4.69) is 11.8 Å². The third kappa shape index (κ3) is 3.43. The van der Waals surface area contributed by atoms with E-state index in [1.807, 2.05) is 0 Å². The van der Waals surface area contributed by atoms with Gasteiger partial charge in [0.1, 0.15) is 0 Å². The van der Waals surface area contributed by atoms with E-state index in [0.717, 1.165) is 32.5 Å². The summed E-state index contributed by atoms with van der Waals surface area (Å²) in [5, 5.41) is 0. The largest absolute Gasteiger partial charge is 0.303 e. The van der Waals surface area contributed by atoms with E-state index in [1.165, 1.54) is 6.42 Å². The van der Waals surface area contributed by atoms with Crippen molar-refractivity contribution in [2.24, 2.45) is 0 Å². The molecule has 0 radical (unpaired) electrons. The van der Waals surface area contributed by atoms with Crippen LogP contribution in [0, 0.1) is 0 Å². The lowest BCUT2D eigenvalue weighted by molar-refractivity contribution is 0.170. The Labute approximate surface area is 99.7 Å². The molecule has 0 N–H and O–H groups in total. The highest BCUT2D eigenvalue weighted by Gasteiger charge is 2.28. The van der Waals surface area contributed by atoms with Crippen molar-refractivity contribution in [1.82, 2.24) is 9.21 Å². The van der Waals surface area contributed by atoms with Gasteiger partial charge in [-0.3, -0.25) is 0 Å². The Morgan fingerprint density at radius 2 is 1.81 bits per heavy atom. The predicted octanol–water partition coefficient (Wildman–Crippen LogP) is 1.14. The molecule has 5 heteroatoms. The summed E-state index contributed by atoms with van der Waals surface area (Å²) in [5.41, 5.74) is 0. The van der Waals surface area contributed by atoms with Gasteiger partial charge in [-0.25, -0.2) is 12.7 Å². The fourth-order valence-corrected chi connectivity index (χ4v) is 3.33. The summed E-state index contributed by atoms with van der Waals surface area (Å²) < 4.78 is 25.0. The molecule has 1 rings (SSSR count). The first-order valence-corrected chi connectivity index (χ1v) is 7.80. The van der Waals surface area contributed by atoms with E-state index in [0.29, 0.717) is 0 Å². The minimum atomic E-state index is -3.01. The summed E-state index contributed by atoms with van der Waals surface area (Å²) in [6.45, 7) is 7.08. The molecule has 96 valence electrons. The van der Waals surface area contributed by atoms with Crippen LogP contribution in [0.2, 0.25) is 0 Å². The second kappa shape index (κ2) is 5.98. The Kier molecular flexibility index (Phi) is 5.21. The van der Waals surface area contributed by atoms with Crippen LogP contribution in [-0.4, -0.2) is 56.1 Å². The molecule has 1 saturated heterocycles. The van der Waals surface area contributed by atoms with Gasteiger partial charge in [0, 0.05) is 13.1 Å². The molecule has 1 aliphatic rings. The standard InChI is InChI=1S/C11H24N2O2S/c1-4-8-13-9-6-11(7-10-13)12(3)16(14,15)5-2/h11H,4-10H2,1-3H3. The average Bonchev–Trinajstić information content (AvgIpc) is 2.29. The van der Waals surface area contributed by atoms with E-state index < -0.39 is 10.0 Å². The average molecular weight is 248 g/mol. The molecule has 1 aliphatic heterocycles. The summed E-state index contributed by atoms with van der Waals surface area (Å²) in [7, 11) is -1.29. The fraction of sp³-hybridized carbons (Fsp3) is 1.00. The molecule has 0 bridgehead atoms. The van der Waals surface area contributed by atoms with Crippen LogP contribution in [0.4, 0.5) is 0 Å². The zero-order valence-corrected chi connectivity index (χ0v) is 11.5. The highest BCUT2D eigenvalue weighted by atomic mass is 32.2. The molecular formula is C11H24N2O2S. The molecule has 0 amide bonds. The first kappa shape index (κ1) is 13.9. The van der Waals surface area contributed by atoms with Gasteiger partial charge in [-0.05, 0) is 45.8 Å². The van der Waals surface area contributed by atoms with Gasteiger partial charge in [-0.1, -0.05) is 6.92 Å². The Bertz CT molecular complexity index is 295. The molecule has 0 aromatic carbocycles. The highest BCUT2D eigenvalue weighted by molar-refractivity contribution is 7.89. The zero-order valence-electron chi connectivity index (χ0n) is 10.6. The lowest BCUT2D eigenvalue weighted by Crippen LogP contribution is -2.46. The van der Waals surface area contributed by atoms with E-state index in [4.69, 9.17) is 0 Å². The fourth-order valence-electron chi connectivity index (χ4n) is 2.25. The van der Waals surface area contributed by atoms with Gasteiger partial charge in [0.15, 0.2) is 0 Å². The maximum absolute atomic E-state index is 11.7. The van der Waals surface area contributed by atoms with E-state index in [-0.39, 0.29) is 11.8 Å². The van der Waals surface area contributed by atoms with Crippen LogP contribution in [0.25, 0.3) is 0 Å². The number of nitrogens with zero attached hydrogens (tertiary/aromatic N) is 2. The van der Waals surface area contributed by atoms with Crippen molar-refractivity contribution in [3.05, 3.63) is 0 Å². The summed E-state index contributed by atoms with van der Waals surface area (Å²) in [4.78, 5) is 2.42. The maximum atomic E-state index is 11.7. The van der Waals surface area contributed by atoms with Crippen LogP contribution in [0.3, 0.4) is 0 Å². The van der Waals surface area contributed by atoms with E-state index in [1.54, 1.807) is 18.3 Å². The van der Waals surface area contributed by atoms with Gasteiger partial charge in [0.25, 0.3) is 0 Å². The van der Waals surface area contributed by atoms with Crippen molar-refractivity contribution < 1.29 is 8.42 Å². The molecule has 16 heavy (non-hydrogen) atoms. The third-order valence-electron chi connectivity index (χ3n) is 3.41. The first-order chi connectivity index (χ1) is 7.51. The molecule has 0 aliphatic carbocycles. The van der Waals surface area contributed by atoms with Crippen molar-refractivity contribution in [1.29, 1.82) is 0 Å². The number of piperidine rings is 1. The third-order valence-corrected chi connectivity index (χ3v) is 5.32. The summed E-state index contributed by atoms with van der Waals surface area (Å²) in [6.07, 6.45) is 3.11. The summed E-state index contributed by atoms with van der Waals surface area (Å²) >= 11 is 0. The van der Waals surface area contributed by atoms with Gasteiger partial charge >= 0.3 is 0 Å². The van der Waals surface area contributed by atoms with Crippen molar-refractivity contribution in [3.63, 3.8) is 0 Å². The maximum Gasteiger partial charge on any atom is 0.213 e. The Morgan fingerprint density at radius 1 is 1.25 bits per heavy atom. The molecule has 0 unspecified atom stereocenters. The van der Waals surface area contributed by atoms with Crippen molar-refractivity contribution in [2.45, 2.75) is 39.2 Å². The second-order valence-electron chi connectivity index (χ2n) is 4.49. The molecule has 1 heterocycles. The Morgan fingerprint density at radius 3 is 2.25 bits per heavy atom. The second-order valence-corrected chi connectivity index (χ2v) is 6.81. The Hall–Kier alpha value is -0.130. The number of likely N-dealkylation sites (tertiary alicyclic amines) is 1. The molecule has 4 nitrogen and oxygen atoms in total. The molecule has 0 atom stereocenters. The summed E-state index contributed by atoms with van der Waals surface area (Å²) in [5.74, 6) is 0.207. The summed E-state index contributed by atoms with van der Waals surface area (Å²) in [6, 6.07) is 0.207. The smallest absolute Gasteiger partial charge is 0.213 e. The first-order valence-electron chi connectivity index (χ1n) is 6.19. The van der Waals surface area contributed by atoms with Gasteiger partial charge < -0.3 is 4.90 Å². The van der Waals surface area contributed by atoms with Crippen LogP contribution >= 0.6 is 0 Å². The monoisotopic (exact) mass is 248 g/mol. The van der Waals surface area contributed by atoms with Crippen LogP contribution in [0.1, 0.15) is 33.1 Å². The molecule has 1 fully saturated rings.